The number of carbonyl (C=O) groups excluding carboxylic acids is 1. The van der Waals surface area contributed by atoms with Crippen LogP contribution in [0.5, 0.6) is 0 Å². The largest absolute Gasteiger partial charge is 0.624 e. The smallest absolute Gasteiger partial charge is 0.410 e. The molecule has 1 aliphatic rings. The first-order valence-corrected chi connectivity index (χ1v) is 12.5. The van der Waals surface area contributed by atoms with Crippen LogP contribution in [0, 0.1) is 28.6 Å². The Balaban J connectivity index is 1.69. The molecule has 3 rings (SSSR count). The van der Waals surface area contributed by atoms with Gasteiger partial charge in [0.25, 0.3) is 0 Å². The maximum atomic E-state index is 15.1. The third kappa shape index (κ3) is 7.40. The van der Waals surface area contributed by atoms with E-state index in [1.54, 1.807) is 25.8 Å². The van der Waals surface area contributed by atoms with Crippen LogP contribution >= 0.6 is 0 Å². The van der Waals surface area contributed by atoms with E-state index in [1.807, 2.05) is 20.8 Å². The third-order valence-corrected chi connectivity index (χ3v) is 6.29. The van der Waals surface area contributed by atoms with E-state index in [0.29, 0.717) is 42.8 Å². The summed E-state index contributed by atoms with van der Waals surface area (Å²) >= 11 is 0. The number of hydrogen-bond acceptors (Lipinski definition) is 4. The van der Waals surface area contributed by atoms with E-state index < -0.39 is 23.1 Å². The van der Waals surface area contributed by atoms with Gasteiger partial charge in [-0.1, -0.05) is 6.07 Å². The first-order chi connectivity index (χ1) is 17.2. The molecule has 0 unspecified atom stereocenters. The van der Waals surface area contributed by atoms with Crippen molar-refractivity contribution < 1.29 is 27.4 Å². The molecule has 9 heteroatoms. The maximum Gasteiger partial charge on any atom is 0.410 e. The van der Waals surface area contributed by atoms with Crippen molar-refractivity contribution in [3.8, 4) is 11.1 Å². The average Bonchev–Trinajstić information content (AvgIpc) is 2.77. The Morgan fingerprint density at radius 1 is 1.14 bits per heavy atom. The van der Waals surface area contributed by atoms with Crippen LogP contribution in [0.4, 0.5) is 23.7 Å². The molecule has 0 N–H and O–H groups in total. The van der Waals surface area contributed by atoms with Crippen LogP contribution in [0.25, 0.3) is 11.1 Å². The lowest BCUT2D eigenvalue weighted by Crippen LogP contribution is -2.43. The zero-order valence-corrected chi connectivity index (χ0v) is 22.4. The molecule has 1 aliphatic heterocycles. The third-order valence-electron chi connectivity index (χ3n) is 6.29. The summed E-state index contributed by atoms with van der Waals surface area (Å²) in [5, 5.41) is 11.8. The highest BCUT2D eigenvalue weighted by Gasteiger charge is 2.28. The molecular formula is C28H36F3N3O3. The molecule has 0 bridgehead atoms. The quantitative estimate of drug-likeness (QED) is 0.198. The molecule has 2 aromatic rings. The molecular weight excluding hydrogens is 483 g/mol. The predicted molar refractivity (Wildman–Crippen MR) is 139 cm³/mol. The number of likely N-dealkylation sites (tertiary alicyclic amines) is 1. The number of halogens is 3. The number of anilines is 1. The topological polar surface area (TPSA) is 58.9 Å². The summed E-state index contributed by atoms with van der Waals surface area (Å²) in [6.45, 7) is 10.3. The number of rotatable bonds is 6. The van der Waals surface area contributed by atoms with Gasteiger partial charge in [0.05, 0.1) is 0 Å². The zero-order chi connectivity index (χ0) is 27.5. The fourth-order valence-electron chi connectivity index (χ4n) is 4.33. The van der Waals surface area contributed by atoms with Gasteiger partial charge < -0.3 is 19.7 Å². The van der Waals surface area contributed by atoms with Gasteiger partial charge in [-0.15, -0.1) is 0 Å². The molecule has 202 valence electrons. The molecule has 2 aromatic carbocycles. The Bertz CT molecular complexity index is 1130. The number of amides is 1. The number of piperidine rings is 1. The number of benzene rings is 2. The van der Waals surface area contributed by atoms with E-state index in [1.165, 1.54) is 29.3 Å². The van der Waals surface area contributed by atoms with Crippen molar-refractivity contribution in [2.45, 2.75) is 59.1 Å². The molecule has 1 saturated heterocycles. The number of hydrogen-bond donors (Lipinski definition) is 0. The second kappa shape index (κ2) is 11.4. The highest BCUT2D eigenvalue weighted by atomic mass is 19.1. The van der Waals surface area contributed by atoms with Crippen LogP contribution < -0.4 is 4.90 Å². The molecule has 0 saturated carbocycles. The standard InChI is InChI=1S/C28H36F3N3O3/c1-18(2)34(36)17-20-7-8-22(23(29)13-20)21-14-24(30)26(25(31)15-21)32(6)16-19-9-11-33(12-10-19)27(35)37-28(3,4)5/h7-8,13-15,17-19H,9-12,16H2,1-6H3/b34-17-. The van der Waals surface area contributed by atoms with E-state index in [0.717, 1.165) is 12.1 Å². The fourth-order valence-corrected chi connectivity index (χ4v) is 4.33. The molecule has 1 fully saturated rings. The van der Waals surface area contributed by atoms with Crippen molar-refractivity contribution in [2.24, 2.45) is 5.92 Å². The van der Waals surface area contributed by atoms with E-state index in [2.05, 4.69) is 0 Å². The van der Waals surface area contributed by atoms with Crippen molar-refractivity contribution in [2.75, 3.05) is 31.6 Å². The van der Waals surface area contributed by atoms with Gasteiger partial charge in [-0.05, 0) is 83.2 Å². The highest BCUT2D eigenvalue weighted by molar-refractivity contribution is 5.78. The summed E-state index contributed by atoms with van der Waals surface area (Å²) in [5.74, 6) is -2.11. The monoisotopic (exact) mass is 519 g/mol. The van der Waals surface area contributed by atoms with Gasteiger partial charge in [0, 0.05) is 37.8 Å². The van der Waals surface area contributed by atoms with Gasteiger partial charge in [-0.2, -0.15) is 0 Å². The van der Waals surface area contributed by atoms with E-state index in [4.69, 9.17) is 4.74 Å². The van der Waals surface area contributed by atoms with E-state index in [-0.39, 0.29) is 34.9 Å². The highest BCUT2D eigenvalue weighted by Crippen LogP contribution is 2.32. The second-order valence-electron chi connectivity index (χ2n) is 10.9. The Kier molecular flexibility index (Phi) is 8.76. The molecule has 0 radical (unpaired) electrons. The average molecular weight is 520 g/mol. The summed E-state index contributed by atoms with van der Waals surface area (Å²) in [7, 11) is 1.62. The molecule has 6 nitrogen and oxygen atoms in total. The number of nitrogens with zero attached hydrogens (tertiary/aromatic N) is 3. The van der Waals surface area contributed by atoms with Gasteiger partial charge in [0.15, 0.2) is 12.3 Å². The van der Waals surface area contributed by atoms with E-state index in [9.17, 15) is 14.4 Å². The van der Waals surface area contributed by atoms with Gasteiger partial charge >= 0.3 is 6.09 Å². The normalized spacial score (nSPS) is 15.3. The Morgan fingerprint density at radius 2 is 1.73 bits per heavy atom. The first kappa shape index (κ1) is 28.3. The van der Waals surface area contributed by atoms with Gasteiger partial charge in [-0.25, -0.2) is 22.7 Å². The maximum absolute atomic E-state index is 15.1. The predicted octanol–water partition coefficient (Wildman–Crippen LogP) is 6.19. The van der Waals surface area contributed by atoms with Crippen molar-refractivity contribution in [3.05, 3.63) is 58.6 Å². The lowest BCUT2D eigenvalue weighted by Gasteiger charge is -2.35. The Hall–Kier alpha value is -3.23. The van der Waals surface area contributed by atoms with Gasteiger partial charge in [0.1, 0.15) is 28.7 Å². The van der Waals surface area contributed by atoms with Crippen molar-refractivity contribution in [1.29, 1.82) is 0 Å². The summed E-state index contributed by atoms with van der Waals surface area (Å²) < 4.78 is 51.0. The minimum atomic E-state index is -0.788. The Morgan fingerprint density at radius 3 is 2.24 bits per heavy atom. The first-order valence-electron chi connectivity index (χ1n) is 12.5. The molecule has 0 aliphatic carbocycles. The molecule has 1 heterocycles. The fraction of sp³-hybridized carbons (Fsp3) is 0.500. The summed E-state index contributed by atoms with van der Waals surface area (Å²) in [6.07, 6.45) is 2.30. The minimum absolute atomic E-state index is 0.0423. The molecule has 0 aromatic heterocycles. The SMILES string of the molecule is CC(C)/[N+]([O-])=C/c1ccc(-c2cc(F)c(N(C)CC3CCN(C(=O)OC(C)(C)C)CC3)c(F)c2)c(F)c1. The lowest BCUT2D eigenvalue weighted by molar-refractivity contribution is -0.487. The van der Waals surface area contributed by atoms with Crippen LogP contribution in [0.1, 0.15) is 53.0 Å². The summed E-state index contributed by atoms with van der Waals surface area (Å²) in [4.78, 5) is 15.5. The number of carbonyl (C=O) groups is 1. The van der Waals surface area contributed by atoms with Crippen LogP contribution in [0.3, 0.4) is 0 Å². The van der Waals surface area contributed by atoms with Crippen LogP contribution in [-0.4, -0.2) is 60.3 Å². The molecule has 1 amide bonds. The second-order valence-corrected chi connectivity index (χ2v) is 10.9. The van der Waals surface area contributed by atoms with Crippen molar-refractivity contribution in [3.63, 3.8) is 0 Å². The van der Waals surface area contributed by atoms with Gasteiger partial charge in [-0.3, -0.25) is 0 Å². The van der Waals surface area contributed by atoms with Crippen LogP contribution in [0.15, 0.2) is 30.3 Å². The van der Waals surface area contributed by atoms with Crippen LogP contribution in [0.2, 0.25) is 0 Å². The molecule has 0 atom stereocenters. The molecule has 37 heavy (non-hydrogen) atoms. The van der Waals surface area contributed by atoms with E-state index >= 15 is 8.78 Å². The lowest BCUT2D eigenvalue weighted by atomic mass is 9.96. The Labute approximate surface area is 216 Å². The zero-order valence-electron chi connectivity index (χ0n) is 22.4. The number of ether oxygens (including phenoxy) is 1. The van der Waals surface area contributed by atoms with Crippen LogP contribution in [-0.2, 0) is 4.74 Å². The summed E-state index contributed by atoms with van der Waals surface area (Å²) in [5.41, 5.74) is -0.266. The number of hydroxylamine groups is 1. The minimum Gasteiger partial charge on any atom is -0.624 e. The van der Waals surface area contributed by atoms with Gasteiger partial charge in [0.2, 0.25) is 0 Å². The summed E-state index contributed by atoms with van der Waals surface area (Å²) in [6, 6.07) is 6.05. The molecule has 0 spiro atoms. The van der Waals surface area contributed by atoms with Crippen molar-refractivity contribution >= 4 is 18.0 Å². The van der Waals surface area contributed by atoms with Crippen molar-refractivity contribution in [1.82, 2.24) is 4.90 Å².